The molecule has 0 aromatic heterocycles. The number of fused-ring (bicyclic) bond motifs is 2. The molecular formula is C36H42N2O4. The van der Waals surface area contributed by atoms with Crippen molar-refractivity contribution in [3.05, 3.63) is 59.0 Å². The lowest BCUT2D eigenvalue weighted by Crippen LogP contribution is -2.20. The Morgan fingerprint density at radius 3 is 1.43 bits per heavy atom. The van der Waals surface area contributed by atoms with Crippen molar-refractivity contribution in [2.24, 2.45) is 11.8 Å². The van der Waals surface area contributed by atoms with E-state index in [2.05, 4.69) is 39.8 Å². The maximum absolute atomic E-state index is 13.1. The number of esters is 2. The van der Waals surface area contributed by atoms with Gasteiger partial charge < -0.3 is 9.47 Å². The Bertz CT molecular complexity index is 1490. The Kier molecular flexibility index (Phi) is 12.6. The largest absolute Gasteiger partial charge is 0.461 e. The smallest absolute Gasteiger partial charge is 0.349 e. The number of carbonyl (C=O) groups excluding carboxylic acids is 2. The third kappa shape index (κ3) is 7.98. The van der Waals surface area contributed by atoms with E-state index in [1.807, 2.05) is 24.3 Å². The molecule has 0 radical (unpaired) electrons. The van der Waals surface area contributed by atoms with Gasteiger partial charge in [-0.3, -0.25) is 0 Å². The molecule has 0 saturated heterocycles. The van der Waals surface area contributed by atoms with Crippen molar-refractivity contribution in [2.75, 3.05) is 13.2 Å². The van der Waals surface area contributed by atoms with E-state index in [4.69, 9.17) is 9.47 Å². The Hall–Kier alpha value is -4.16. The minimum atomic E-state index is -0.624. The standard InChI is InChI=1S/C36H42N2O4/c1-5-9-13-25(7-3)23-41-35(39)33(21-37)29-17-11-15-27-20-32-28(19-31(27)29)16-12-18-30(32)34(22-38)36(40)42-24-26(8-4)14-10-6-2/h11-12,15-20,25-26H,5-10,13-14,23-24H2,1-4H3/b33-29+,34-30+. The summed E-state index contributed by atoms with van der Waals surface area (Å²) in [4.78, 5) is 26.1. The van der Waals surface area contributed by atoms with E-state index >= 15 is 0 Å². The Labute approximate surface area is 249 Å². The highest BCUT2D eigenvalue weighted by Crippen LogP contribution is 2.21. The van der Waals surface area contributed by atoms with Crippen LogP contribution in [0, 0.1) is 34.5 Å². The zero-order valence-corrected chi connectivity index (χ0v) is 25.4. The van der Waals surface area contributed by atoms with Crippen LogP contribution in [0.1, 0.15) is 79.1 Å². The van der Waals surface area contributed by atoms with Gasteiger partial charge in [-0.15, -0.1) is 0 Å². The summed E-state index contributed by atoms with van der Waals surface area (Å²) in [6, 6.07) is 18.8. The molecule has 6 heteroatoms. The molecule has 3 aromatic carbocycles. The molecule has 0 aliphatic heterocycles. The minimum Gasteiger partial charge on any atom is -0.461 e. The maximum atomic E-state index is 13.1. The van der Waals surface area contributed by atoms with Crippen LogP contribution >= 0.6 is 0 Å². The molecule has 2 unspecified atom stereocenters. The predicted octanol–water partition coefficient (Wildman–Crippen LogP) is 6.86. The molecule has 220 valence electrons. The molecule has 0 N–H and O–H groups in total. The van der Waals surface area contributed by atoms with Gasteiger partial charge in [-0.1, -0.05) is 103 Å². The average Bonchev–Trinajstić information content (AvgIpc) is 3.01. The first kappa shape index (κ1) is 32.4. The molecule has 42 heavy (non-hydrogen) atoms. The first-order valence-corrected chi connectivity index (χ1v) is 15.3. The lowest BCUT2D eigenvalue weighted by Gasteiger charge is -2.14. The van der Waals surface area contributed by atoms with Gasteiger partial charge in [0, 0.05) is 10.4 Å². The van der Waals surface area contributed by atoms with E-state index in [1.54, 1.807) is 24.3 Å². The molecule has 3 rings (SSSR count). The van der Waals surface area contributed by atoms with Crippen LogP contribution in [0.15, 0.2) is 48.5 Å². The Balaban J connectivity index is 2.05. The zero-order chi connectivity index (χ0) is 30.5. The first-order valence-electron chi connectivity index (χ1n) is 15.3. The van der Waals surface area contributed by atoms with Gasteiger partial charge in [-0.25, -0.2) is 9.59 Å². The molecule has 0 bridgehead atoms. The van der Waals surface area contributed by atoms with Crippen LogP contribution in [-0.4, -0.2) is 25.2 Å². The zero-order valence-electron chi connectivity index (χ0n) is 25.4. The number of nitrogens with zero attached hydrogens (tertiary/aromatic N) is 2. The third-order valence-electron chi connectivity index (χ3n) is 8.04. The number of benzene rings is 3. The van der Waals surface area contributed by atoms with Crippen LogP contribution in [0.3, 0.4) is 0 Å². The highest BCUT2D eigenvalue weighted by molar-refractivity contribution is 6.18. The molecule has 0 heterocycles. The minimum absolute atomic E-state index is 0.0390. The van der Waals surface area contributed by atoms with E-state index in [1.165, 1.54) is 0 Å². The average molecular weight is 567 g/mol. The summed E-state index contributed by atoms with van der Waals surface area (Å²) >= 11 is 0. The predicted molar refractivity (Wildman–Crippen MR) is 167 cm³/mol. The van der Waals surface area contributed by atoms with Crippen molar-refractivity contribution in [1.29, 1.82) is 10.5 Å². The van der Waals surface area contributed by atoms with Gasteiger partial charge in [0.1, 0.15) is 23.3 Å². The number of hydrogen-bond donors (Lipinski definition) is 0. The van der Waals surface area contributed by atoms with Gasteiger partial charge in [0.25, 0.3) is 0 Å². The lowest BCUT2D eigenvalue weighted by atomic mass is 9.97. The van der Waals surface area contributed by atoms with Gasteiger partial charge >= 0.3 is 11.9 Å². The van der Waals surface area contributed by atoms with Crippen LogP contribution in [0.5, 0.6) is 0 Å². The van der Waals surface area contributed by atoms with Crippen molar-refractivity contribution in [2.45, 2.75) is 79.1 Å². The maximum Gasteiger partial charge on any atom is 0.349 e. The number of nitriles is 2. The monoisotopic (exact) mass is 566 g/mol. The number of rotatable bonds is 14. The summed E-state index contributed by atoms with van der Waals surface area (Å²) in [6.07, 6.45) is 8.10. The summed E-state index contributed by atoms with van der Waals surface area (Å²) in [5.41, 5.74) is -0.0780. The molecule has 6 nitrogen and oxygen atoms in total. The van der Waals surface area contributed by atoms with Crippen LogP contribution in [-0.2, 0) is 19.1 Å². The summed E-state index contributed by atoms with van der Waals surface area (Å²) in [5.74, 6) is -0.711. The van der Waals surface area contributed by atoms with Crippen molar-refractivity contribution in [3.63, 3.8) is 0 Å². The van der Waals surface area contributed by atoms with Crippen LogP contribution in [0.4, 0.5) is 0 Å². The normalized spacial score (nSPS) is 14.0. The summed E-state index contributed by atoms with van der Waals surface area (Å²) < 4.78 is 11.2. The summed E-state index contributed by atoms with van der Waals surface area (Å²) in [7, 11) is 0. The SMILES string of the molecule is CCCCC(CC)COC(=O)/C(C#N)=c1\cccc2cc3/c(=C(\C#N)C(=O)OCC(CC)CCCC)cccc3cc12. The molecular weight excluding hydrogens is 524 g/mol. The van der Waals surface area contributed by atoms with Crippen molar-refractivity contribution in [3.8, 4) is 12.1 Å². The summed E-state index contributed by atoms with van der Waals surface area (Å²) in [6.45, 7) is 9.01. The van der Waals surface area contributed by atoms with Gasteiger partial charge in [0.05, 0.1) is 13.2 Å². The number of carbonyl (C=O) groups is 2. The third-order valence-corrected chi connectivity index (χ3v) is 8.04. The van der Waals surface area contributed by atoms with Crippen molar-refractivity contribution < 1.29 is 19.1 Å². The highest BCUT2D eigenvalue weighted by atomic mass is 16.5. The van der Waals surface area contributed by atoms with E-state index in [0.29, 0.717) is 10.4 Å². The lowest BCUT2D eigenvalue weighted by molar-refractivity contribution is -0.138. The van der Waals surface area contributed by atoms with Crippen molar-refractivity contribution >= 4 is 44.6 Å². The van der Waals surface area contributed by atoms with Crippen LogP contribution < -0.4 is 10.4 Å². The molecule has 3 aromatic rings. The Morgan fingerprint density at radius 1 is 0.690 bits per heavy atom. The number of ether oxygens (including phenoxy) is 2. The van der Waals surface area contributed by atoms with Gasteiger partial charge in [-0.05, 0) is 58.4 Å². The quantitative estimate of drug-likeness (QED) is 0.156. The Morgan fingerprint density at radius 2 is 1.10 bits per heavy atom. The van der Waals surface area contributed by atoms with E-state index in [0.717, 1.165) is 72.9 Å². The molecule has 0 aliphatic rings. The topological polar surface area (TPSA) is 100 Å². The fourth-order valence-electron chi connectivity index (χ4n) is 5.25. The van der Waals surface area contributed by atoms with Gasteiger partial charge in [0.15, 0.2) is 0 Å². The second-order valence-electron chi connectivity index (χ2n) is 10.9. The molecule has 0 spiro atoms. The molecule has 0 fully saturated rings. The number of hydrogen-bond acceptors (Lipinski definition) is 6. The van der Waals surface area contributed by atoms with E-state index in [-0.39, 0.29) is 36.2 Å². The van der Waals surface area contributed by atoms with Crippen LogP contribution in [0.2, 0.25) is 0 Å². The van der Waals surface area contributed by atoms with E-state index < -0.39 is 11.9 Å². The second-order valence-corrected chi connectivity index (χ2v) is 10.9. The molecule has 0 saturated carbocycles. The molecule has 2 atom stereocenters. The fourth-order valence-corrected chi connectivity index (χ4v) is 5.25. The van der Waals surface area contributed by atoms with E-state index in [9.17, 15) is 20.1 Å². The first-order chi connectivity index (χ1) is 20.4. The highest BCUT2D eigenvalue weighted by Gasteiger charge is 2.18. The van der Waals surface area contributed by atoms with Crippen molar-refractivity contribution in [1.82, 2.24) is 0 Å². The van der Waals surface area contributed by atoms with Gasteiger partial charge in [-0.2, -0.15) is 10.5 Å². The molecule has 0 aliphatic carbocycles. The number of unbranched alkanes of at least 4 members (excludes halogenated alkanes) is 2. The molecule has 0 amide bonds. The fraction of sp³-hybridized carbons (Fsp3) is 0.444. The van der Waals surface area contributed by atoms with Gasteiger partial charge in [0.2, 0.25) is 0 Å². The summed E-state index contributed by atoms with van der Waals surface area (Å²) in [5, 5.41) is 23.9. The van der Waals surface area contributed by atoms with Crippen LogP contribution in [0.25, 0.3) is 32.7 Å². The second kappa shape index (κ2) is 16.3.